The van der Waals surface area contributed by atoms with E-state index in [-0.39, 0.29) is 29.6 Å². The first-order chi connectivity index (χ1) is 15.2. The standard InChI is InChI=1S/C25H34N4O3/c1-16-14-29(15-17(2)32-16)24-26-13-20-21(11-25(3,4)12-22(20)28-24)27-23(30)10-18-6-8-19(31-5)9-7-18/h6-9,13,16-17,21H,10-12,14-15H2,1-5H3,(H,27,30). The van der Waals surface area contributed by atoms with Gasteiger partial charge < -0.3 is 19.7 Å². The van der Waals surface area contributed by atoms with Gasteiger partial charge >= 0.3 is 0 Å². The molecule has 1 fully saturated rings. The quantitative estimate of drug-likeness (QED) is 0.770. The summed E-state index contributed by atoms with van der Waals surface area (Å²) in [6.45, 7) is 10.2. The minimum absolute atomic E-state index is 0.00345. The average molecular weight is 439 g/mol. The van der Waals surface area contributed by atoms with Gasteiger partial charge in [-0.15, -0.1) is 0 Å². The highest BCUT2D eigenvalue weighted by Gasteiger charge is 2.35. The molecule has 0 bridgehead atoms. The highest BCUT2D eigenvalue weighted by atomic mass is 16.5. The van der Waals surface area contributed by atoms with Crippen LogP contribution in [0.4, 0.5) is 5.95 Å². The summed E-state index contributed by atoms with van der Waals surface area (Å²) in [6.07, 6.45) is 4.29. The fraction of sp³-hybridized carbons (Fsp3) is 0.560. The van der Waals surface area contributed by atoms with Crippen molar-refractivity contribution in [2.45, 2.75) is 65.2 Å². The molecule has 2 heterocycles. The molecule has 1 N–H and O–H groups in total. The number of methoxy groups -OCH3 is 1. The first-order valence-electron chi connectivity index (χ1n) is 11.4. The topological polar surface area (TPSA) is 76.6 Å². The van der Waals surface area contributed by atoms with Crippen LogP contribution in [-0.4, -0.2) is 48.3 Å². The molecule has 1 aliphatic heterocycles. The third-order valence-corrected chi connectivity index (χ3v) is 6.23. The number of benzene rings is 1. The molecular formula is C25H34N4O3. The average Bonchev–Trinajstić information content (AvgIpc) is 2.72. The number of morpholine rings is 1. The van der Waals surface area contributed by atoms with Crippen LogP contribution < -0.4 is 15.0 Å². The zero-order valence-electron chi connectivity index (χ0n) is 19.7. The van der Waals surface area contributed by atoms with Crippen molar-refractivity contribution in [1.29, 1.82) is 0 Å². The van der Waals surface area contributed by atoms with Crippen molar-refractivity contribution in [3.8, 4) is 5.75 Å². The molecular weight excluding hydrogens is 404 g/mol. The van der Waals surface area contributed by atoms with Crippen LogP contribution in [0.5, 0.6) is 5.75 Å². The maximum atomic E-state index is 12.8. The monoisotopic (exact) mass is 438 g/mol. The predicted octanol–water partition coefficient (Wildman–Crippen LogP) is 3.47. The number of nitrogens with zero attached hydrogens (tertiary/aromatic N) is 3. The normalized spacial score (nSPS) is 24.5. The Bertz CT molecular complexity index is 950. The van der Waals surface area contributed by atoms with Gasteiger partial charge in [0.25, 0.3) is 0 Å². The van der Waals surface area contributed by atoms with E-state index in [9.17, 15) is 4.79 Å². The van der Waals surface area contributed by atoms with Gasteiger partial charge in [0.15, 0.2) is 0 Å². The van der Waals surface area contributed by atoms with E-state index in [1.807, 2.05) is 30.5 Å². The number of carbonyl (C=O) groups is 1. The molecule has 0 radical (unpaired) electrons. The van der Waals surface area contributed by atoms with Crippen LogP contribution in [0, 0.1) is 5.41 Å². The maximum absolute atomic E-state index is 12.8. The van der Waals surface area contributed by atoms with Crippen molar-refractivity contribution in [3.63, 3.8) is 0 Å². The van der Waals surface area contributed by atoms with Gasteiger partial charge in [-0.25, -0.2) is 9.97 Å². The minimum Gasteiger partial charge on any atom is -0.497 e. The smallest absolute Gasteiger partial charge is 0.225 e. The highest BCUT2D eigenvalue weighted by Crippen LogP contribution is 2.40. The first kappa shape index (κ1) is 22.5. The second-order valence-corrected chi connectivity index (χ2v) is 9.92. The molecule has 7 heteroatoms. The molecule has 3 atom stereocenters. The molecule has 1 aromatic heterocycles. The van der Waals surface area contributed by atoms with E-state index in [0.29, 0.717) is 6.42 Å². The number of anilines is 1. The molecule has 1 amide bonds. The van der Waals surface area contributed by atoms with Gasteiger partial charge in [0, 0.05) is 24.8 Å². The lowest BCUT2D eigenvalue weighted by molar-refractivity contribution is -0.121. The third-order valence-electron chi connectivity index (χ3n) is 6.23. The molecule has 2 aliphatic rings. The van der Waals surface area contributed by atoms with Gasteiger partial charge in [-0.2, -0.15) is 0 Å². The molecule has 32 heavy (non-hydrogen) atoms. The number of carbonyl (C=O) groups excluding carboxylic acids is 1. The van der Waals surface area contributed by atoms with Crippen LogP contribution in [-0.2, 0) is 22.4 Å². The zero-order valence-corrected chi connectivity index (χ0v) is 19.7. The second-order valence-electron chi connectivity index (χ2n) is 9.92. The number of fused-ring (bicyclic) bond motifs is 1. The van der Waals surface area contributed by atoms with Crippen molar-refractivity contribution < 1.29 is 14.3 Å². The Kier molecular flexibility index (Phi) is 6.38. The fourth-order valence-electron chi connectivity index (χ4n) is 4.83. The summed E-state index contributed by atoms with van der Waals surface area (Å²) in [6, 6.07) is 7.53. The van der Waals surface area contributed by atoms with Gasteiger partial charge in [-0.3, -0.25) is 4.79 Å². The molecule has 1 saturated heterocycles. The van der Waals surface area contributed by atoms with Gasteiger partial charge in [0.1, 0.15) is 5.75 Å². The van der Waals surface area contributed by atoms with E-state index in [0.717, 1.165) is 54.4 Å². The molecule has 1 aliphatic carbocycles. The maximum Gasteiger partial charge on any atom is 0.225 e. The molecule has 1 aromatic carbocycles. The number of ether oxygens (including phenoxy) is 2. The van der Waals surface area contributed by atoms with Crippen molar-refractivity contribution in [1.82, 2.24) is 15.3 Å². The molecule has 0 saturated carbocycles. The SMILES string of the molecule is COc1ccc(CC(=O)NC2CC(C)(C)Cc3nc(N4CC(C)OC(C)C4)ncc32)cc1. The van der Waals surface area contributed by atoms with E-state index in [1.165, 1.54) is 0 Å². The summed E-state index contributed by atoms with van der Waals surface area (Å²) in [7, 11) is 1.64. The van der Waals surface area contributed by atoms with Crippen LogP contribution in [0.2, 0.25) is 0 Å². The van der Waals surface area contributed by atoms with Crippen molar-refractivity contribution >= 4 is 11.9 Å². The molecule has 3 unspecified atom stereocenters. The van der Waals surface area contributed by atoms with Gasteiger partial charge in [-0.1, -0.05) is 26.0 Å². The van der Waals surface area contributed by atoms with Crippen LogP contribution in [0.15, 0.2) is 30.5 Å². The first-order valence-corrected chi connectivity index (χ1v) is 11.4. The van der Waals surface area contributed by atoms with E-state index in [2.05, 4.69) is 42.9 Å². The van der Waals surface area contributed by atoms with Gasteiger partial charge in [-0.05, 0) is 49.8 Å². The summed E-state index contributed by atoms with van der Waals surface area (Å²) in [5.41, 5.74) is 3.07. The van der Waals surface area contributed by atoms with E-state index >= 15 is 0 Å². The number of amides is 1. The Morgan fingerprint density at radius 1 is 1.22 bits per heavy atom. The third kappa shape index (κ3) is 5.21. The Morgan fingerprint density at radius 3 is 2.56 bits per heavy atom. The lowest BCUT2D eigenvalue weighted by atomic mass is 9.74. The minimum atomic E-state index is -0.0870. The fourth-order valence-corrected chi connectivity index (χ4v) is 4.83. The number of rotatable bonds is 5. The van der Waals surface area contributed by atoms with Crippen molar-refractivity contribution in [2.24, 2.45) is 5.41 Å². The van der Waals surface area contributed by atoms with Crippen molar-refractivity contribution in [2.75, 3.05) is 25.1 Å². The lowest BCUT2D eigenvalue weighted by Gasteiger charge is -2.38. The van der Waals surface area contributed by atoms with Crippen LogP contribution in [0.1, 0.15) is 57.0 Å². The lowest BCUT2D eigenvalue weighted by Crippen LogP contribution is -2.46. The molecule has 172 valence electrons. The van der Waals surface area contributed by atoms with Crippen LogP contribution in [0.25, 0.3) is 0 Å². The summed E-state index contributed by atoms with van der Waals surface area (Å²) in [5, 5.41) is 3.24. The number of hydrogen-bond acceptors (Lipinski definition) is 6. The Labute approximate surface area is 190 Å². The summed E-state index contributed by atoms with van der Waals surface area (Å²) in [5.74, 6) is 1.55. The largest absolute Gasteiger partial charge is 0.497 e. The molecule has 2 aromatic rings. The van der Waals surface area contributed by atoms with Gasteiger partial charge in [0.2, 0.25) is 11.9 Å². The van der Waals surface area contributed by atoms with Crippen LogP contribution >= 0.6 is 0 Å². The summed E-state index contributed by atoms with van der Waals surface area (Å²) >= 11 is 0. The van der Waals surface area contributed by atoms with Gasteiger partial charge in [0.05, 0.1) is 37.5 Å². The van der Waals surface area contributed by atoms with E-state index in [4.69, 9.17) is 14.5 Å². The molecule has 7 nitrogen and oxygen atoms in total. The molecule has 4 rings (SSSR count). The second kappa shape index (κ2) is 9.06. The summed E-state index contributed by atoms with van der Waals surface area (Å²) in [4.78, 5) is 24.7. The Hall–Kier alpha value is -2.67. The number of aromatic nitrogens is 2. The van der Waals surface area contributed by atoms with Crippen LogP contribution in [0.3, 0.4) is 0 Å². The number of hydrogen-bond donors (Lipinski definition) is 1. The van der Waals surface area contributed by atoms with E-state index in [1.54, 1.807) is 7.11 Å². The Morgan fingerprint density at radius 2 is 1.91 bits per heavy atom. The summed E-state index contributed by atoms with van der Waals surface area (Å²) < 4.78 is 11.1. The van der Waals surface area contributed by atoms with E-state index < -0.39 is 0 Å². The number of nitrogens with one attached hydrogen (secondary N) is 1. The van der Waals surface area contributed by atoms with Crippen molar-refractivity contribution in [3.05, 3.63) is 47.3 Å². The zero-order chi connectivity index (χ0) is 22.9. The Balaban J connectivity index is 1.51. The molecule has 0 spiro atoms. The highest BCUT2D eigenvalue weighted by molar-refractivity contribution is 5.79. The predicted molar refractivity (Wildman–Crippen MR) is 124 cm³/mol.